The SMILES string of the molecule is CCCc1nc(SCCOc2ccc(C(=O)OC)cc2)n[nH]1. The van der Waals surface area contributed by atoms with Crippen LogP contribution >= 0.6 is 11.8 Å². The molecule has 0 spiro atoms. The molecule has 0 aliphatic rings. The molecular formula is C15H19N3O3S. The lowest BCUT2D eigenvalue weighted by molar-refractivity contribution is 0.0600. The van der Waals surface area contributed by atoms with Gasteiger partial charge in [-0.2, -0.15) is 0 Å². The highest BCUT2D eigenvalue weighted by atomic mass is 32.2. The summed E-state index contributed by atoms with van der Waals surface area (Å²) in [7, 11) is 1.36. The summed E-state index contributed by atoms with van der Waals surface area (Å²) in [6, 6.07) is 6.87. The van der Waals surface area contributed by atoms with Crippen molar-refractivity contribution in [1.29, 1.82) is 0 Å². The van der Waals surface area contributed by atoms with Crippen molar-refractivity contribution >= 4 is 17.7 Å². The molecule has 6 nitrogen and oxygen atoms in total. The molecule has 2 rings (SSSR count). The van der Waals surface area contributed by atoms with E-state index in [1.165, 1.54) is 7.11 Å². The van der Waals surface area contributed by atoms with E-state index < -0.39 is 0 Å². The minimum atomic E-state index is -0.352. The number of benzene rings is 1. The Morgan fingerprint density at radius 1 is 1.32 bits per heavy atom. The Morgan fingerprint density at radius 3 is 2.77 bits per heavy atom. The Balaban J connectivity index is 1.72. The van der Waals surface area contributed by atoms with Gasteiger partial charge in [0.25, 0.3) is 0 Å². The molecular weight excluding hydrogens is 302 g/mol. The van der Waals surface area contributed by atoms with Gasteiger partial charge in [-0.05, 0) is 30.7 Å². The van der Waals surface area contributed by atoms with Crippen LogP contribution in [0, 0.1) is 0 Å². The van der Waals surface area contributed by atoms with Crippen LogP contribution in [0.5, 0.6) is 5.75 Å². The van der Waals surface area contributed by atoms with Crippen molar-refractivity contribution in [1.82, 2.24) is 15.2 Å². The Labute approximate surface area is 133 Å². The van der Waals surface area contributed by atoms with Crippen LogP contribution in [-0.2, 0) is 11.2 Å². The molecule has 0 aliphatic carbocycles. The summed E-state index contributed by atoms with van der Waals surface area (Å²) < 4.78 is 10.3. The maximum Gasteiger partial charge on any atom is 0.337 e. The number of nitrogens with one attached hydrogen (secondary N) is 1. The number of hydrogen-bond acceptors (Lipinski definition) is 6. The molecule has 2 aromatic rings. The fraction of sp³-hybridized carbons (Fsp3) is 0.400. The first kappa shape index (κ1) is 16.4. The molecule has 0 saturated carbocycles. The Morgan fingerprint density at radius 2 is 2.09 bits per heavy atom. The van der Waals surface area contributed by atoms with E-state index in [4.69, 9.17) is 4.74 Å². The Kier molecular flexibility index (Phi) is 6.27. The Bertz CT molecular complexity index is 598. The first-order valence-electron chi connectivity index (χ1n) is 7.08. The van der Waals surface area contributed by atoms with Crippen LogP contribution in [0.2, 0.25) is 0 Å². The molecule has 0 saturated heterocycles. The number of thioether (sulfide) groups is 1. The average molecular weight is 321 g/mol. The van der Waals surface area contributed by atoms with Gasteiger partial charge in [0.1, 0.15) is 11.6 Å². The number of aryl methyl sites for hydroxylation is 1. The number of H-pyrrole nitrogens is 1. The number of aromatic nitrogens is 3. The average Bonchev–Trinajstić information content (AvgIpc) is 2.99. The largest absolute Gasteiger partial charge is 0.493 e. The highest BCUT2D eigenvalue weighted by molar-refractivity contribution is 7.99. The van der Waals surface area contributed by atoms with Crippen molar-refractivity contribution in [3.8, 4) is 5.75 Å². The third kappa shape index (κ3) is 4.77. The number of carbonyl (C=O) groups excluding carboxylic acids is 1. The summed E-state index contributed by atoms with van der Waals surface area (Å²) in [5.41, 5.74) is 0.508. The van der Waals surface area contributed by atoms with Crippen molar-refractivity contribution in [2.75, 3.05) is 19.5 Å². The van der Waals surface area contributed by atoms with Crippen molar-refractivity contribution < 1.29 is 14.3 Å². The van der Waals surface area contributed by atoms with Gasteiger partial charge in [-0.25, -0.2) is 9.78 Å². The van der Waals surface area contributed by atoms with E-state index in [9.17, 15) is 4.79 Å². The number of esters is 1. The van der Waals surface area contributed by atoms with E-state index in [1.54, 1.807) is 36.0 Å². The van der Waals surface area contributed by atoms with E-state index >= 15 is 0 Å². The number of hydrogen-bond donors (Lipinski definition) is 1. The van der Waals surface area contributed by atoms with E-state index in [0.717, 1.165) is 35.3 Å². The third-order valence-corrected chi connectivity index (χ3v) is 3.67. The van der Waals surface area contributed by atoms with Crippen LogP contribution in [-0.4, -0.2) is 40.6 Å². The predicted octanol–water partition coefficient (Wildman–Crippen LogP) is 2.71. The molecule has 118 valence electrons. The molecule has 22 heavy (non-hydrogen) atoms. The van der Waals surface area contributed by atoms with Gasteiger partial charge in [0.15, 0.2) is 0 Å². The molecule has 0 aliphatic heterocycles. The number of rotatable bonds is 8. The van der Waals surface area contributed by atoms with Crippen molar-refractivity contribution in [3.63, 3.8) is 0 Å². The standard InChI is InChI=1S/C15H19N3O3S/c1-3-4-13-16-15(18-17-13)22-10-9-21-12-7-5-11(6-8-12)14(19)20-2/h5-8H,3-4,9-10H2,1-2H3,(H,16,17,18). The minimum Gasteiger partial charge on any atom is -0.493 e. The number of ether oxygens (including phenoxy) is 2. The van der Waals surface area contributed by atoms with Gasteiger partial charge in [0.05, 0.1) is 19.3 Å². The summed E-state index contributed by atoms with van der Waals surface area (Å²) in [4.78, 5) is 15.7. The maximum atomic E-state index is 11.3. The quantitative estimate of drug-likeness (QED) is 0.457. The van der Waals surface area contributed by atoms with E-state index in [0.29, 0.717) is 12.2 Å². The number of methoxy groups -OCH3 is 1. The molecule has 1 heterocycles. The van der Waals surface area contributed by atoms with Crippen molar-refractivity contribution in [2.24, 2.45) is 0 Å². The normalized spacial score (nSPS) is 10.5. The van der Waals surface area contributed by atoms with Crippen molar-refractivity contribution in [2.45, 2.75) is 24.9 Å². The third-order valence-electron chi connectivity index (χ3n) is 2.86. The molecule has 7 heteroatoms. The number of carbonyl (C=O) groups is 1. The second kappa shape index (κ2) is 8.43. The zero-order chi connectivity index (χ0) is 15.8. The molecule has 0 unspecified atom stereocenters. The zero-order valence-corrected chi connectivity index (χ0v) is 13.5. The first-order chi connectivity index (χ1) is 10.7. The fourth-order valence-corrected chi connectivity index (χ4v) is 2.42. The summed E-state index contributed by atoms with van der Waals surface area (Å²) in [5.74, 6) is 2.04. The lowest BCUT2D eigenvalue weighted by Crippen LogP contribution is -2.03. The topological polar surface area (TPSA) is 77.1 Å². The highest BCUT2D eigenvalue weighted by Gasteiger charge is 2.05. The molecule has 0 fully saturated rings. The smallest absolute Gasteiger partial charge is 0.337 e. The molecule has 0 radical (unpaired) electrons. The number of nitrogens with zero attached hydrogens (tertiary/aromatic N) is 2. The van der Waals surface area contributed by atoms with E-state index in [2.05, 4.69) is 26.8 Å². The van der Waals surface area contributed by atoms with Crippen LogP contribution in [0.4, 0.5) is 0 Å². The van der Waals surface area contributed by atoms with Gasteiger partial charge in [0, 0.05) is 12.2 Å². The second-order valence-corrected chi connectivity index (χ2v) is 5.59. The maximum absolute atomic E-state index is 11.3. The molecule has 1 aromatic heterocycles. The Hall–Kier alpha value is -2.02. The van der Waals surface area contributed by atoms with Crippen LogP contribution in [0.25, 0.3) is 0 Å². The predicted molar refractivity (Wildman–Crippen MR) is 84.4 cm³/mol. The van der Waals surface area contributed by atoms with Gasteiger partial charge in [-0.15, -0.1) is 5.10 Å². The monoisotopic (exact) mass is 321 g/mol. The second-order valence-electron chi connectivity index (χ2n) is 4.53. The lowest BCUT2D eigenvalue weighted by atomic mass is 10.2. The molecule has 1 N–H and O–H groups in total. The molecule has 0 atom stereocenters. The van der Waals surface area contributed by atoms with Gasteiger partial charge in [-0.1, -0.05) is 18.7 Å². The van der Waals surface area contributed by atoms with Crippen molar-refractivity contribution in [3.05, 3.63) is 35.7 Å². The van der Waals surface area contributed by atoms with Crippen LogP contribution < -0.4 is 4.74 Å². The lowest BCUT2D eigenvalue weighted by Gasteiger charge is -2.05. The minimum absolute atomic E-state index is 0.352. The zero-order valence-electron chi connectivity index (χ0n) is 12.7. The fourth-order valence-electron chi connectivity index (χ4n) is 1.79. The summed E-state index contributed by atoms with van der Waals surface area (Å²) in [5, 5.41) is 7.80. The first-order valence-corrected chi connectivity index (χ1v) is 8.06. The summed E-state index contributed by atoms with van der Waals surface area (Å²) >= 11 is 1.55. The summed E-state index contributed by atoms with van der Waals surface area (Å²) in [6.45, 7) is 2.65. The molecule has 1 aromatic carbocycles. The van der Waals surface area contributed by atoms with Crippen LogP contribution in [0.3, 0.4) is 0 Å². The summed E-state index contributed by atoms with van der Waals surface area (Å²) in [6.07, 6.45) is 1.96. The number of aromatic amines is 1. The van der Waals surface area contributed by atoms with Crippen LogP contribution in [0.15, 0.2) is 29.4 Å². The van der Waals surface area contributed by atoms with Gasteiger partial charge in [0.2, 0.25) is 5.16 Å². The highest BCUT2D eigenvalue weighted by Crippen LogP contribution is 2.15. The van der Waals surface area contributed by atoms with Gasteiger partial charge >= 0.3 is 5.97 Å². The van der Waals surface area contributed by atoms with Gasteiger partial charge < -0.3 is 9.47 Å². The van der Waals surface area contributed by atoms with E-state index in [-0.39, 0.29) is 5.97 Å². The molecule has 0 amide bonds. The molecule has 0 bridgehead atoms. The van der Waals surface area contributed by atoms with Crippen LogP contribution in [0.1, 0.15) is 29.5 Å². The van der Waals surface area contributed by atoms with Gasteiger partial charge in [-0.3, -0.25) is 5.10 Å². The van der Waals surface area contributed by atoms with E-state index in [1.807, 2.05) is 0 Å².